The number of methoxy groups -OCH3 is 1. The van der Waals surface area contributed by atoms with Crippen molar-refractivity contribution in [1.29, 1.82) is 0 Å². The standard InChI is InChI=1S/C9H16N4O2/c1-6(14)3-11-4-7-8(10)12-5-13-9(7)15-2/h5-6,11,14H,3-4H2,1-2H3,(H2,10,12,13)/t6-/m1/s1. The molecule has 1 heterocycles. The maximum absolute atomic E-state index is 9.07. The van der Waals surface area contributed by atoms with Gasteiger partial charge in [0.1, 0.15) is 12.1 Å². The topological polar surface area (TPSA) is 93.3 Å². The summed E-state index contributed by atoms with van der Waals surface area (Å²) in [4.78, 5) is 7.81. The van der Waals surface area contributed by atoms with Crippen LogP contribution in [0.1, 0.15) is 12.5 Å². The third kappa shape index (κ3) is 3.34. The summed E-state index contributed by atoms with van der Waals surface area (Å²) in [6.07, 6.45) is 0.952. The maximum atomic E-state index is 9.07. The molecule has 0 unspecified atom stereocenters. The van der Waals surface area contributed by atoms with E-state index in [9.17, 15) is 0 Å². The highest BCUT2D eigenvalue weighted by Crippen LogP contribution is 2.18. The van der Waals surface area contributed by atoms with Gasteiger partial charge in [0.15, 0.2) is 0 Å². The summed E-state index contributed by atoms with van der Waals surface area (Å²) < 4.78 is 5.05. The van der Waals surface area contributed by atoms with E-state index >= 15 is 0 Å². The van der Waals surface area contributed by atoms with Crippen molar-refractivity contribution in [3.63, 3.8) is 0 Å². The minimum absolute atomic E-state index is 0.389. The Morgan fingerprint density at radius 3 is 2.93 bits per heavy atom. The lowest BCUT2D eigenvalue weighted by atomic mass is 10.3. The zero-order valence-electron chi connectivity index (χ0n) is 8.90. The number of ether oxygens (including phenoxy) is 1. The SMILES string of the molecule is COc1ncnc(N)c1CNC[C@@H](C)O. The van der Waals surface area contributed by atoms with Crippen molar-refractivity contribution < 1.29 is 9.84 Å². The zero-order valence-corrected chi connectivity index (χ0v) is 8.90. The largest absolute Gasteiger partial charge is 0.481 e. The van der Waals surface area contributed by atoms with E-state index in [1.165, 1.54) is 13.4 Å². The molecule has 0 spiro atoms. The molecule has 0 bridgehead atoms. The second kappa shape index (κ2) is 5.47. The fourth-order valence-electron chi connectivity index (χ4n) is 1.16. The van der Waals surface area contributed by atoms with Gasteiger partial charge in [-0.3, -0.25) is 0 Å². The highest BCUT2D eigenvalue weighted by Gasteiger charge is 2.09. The summed E-state index contributed by atoms with van der Waals surface area (Å²) in [7, 11) is 1.53. The van der Waals surface area contributed by atoms with Gasteiger partial charge in [-0.2, -0.15) is 0 Å². The van der Waals surface area contributed by atoms with Crippen molar-refractivity contribution in [3.05, 3.63) is 11.9 Å². The van der Waals surface area contributed by atoms with E-state index < -0.39 is 6.10 Å². The first kappa shape index (κ1) is 11.7. The van der Waals surface area contributed by atoms with E-state index in [0.717, 1.165) is 0 Å². The van der Waals surface area contributed by atoms with Crippen LogP contribution in [0.25, 0.3) is 0 Å². The molecule has 6 heteroatoms. The van der Waals surface area contributed by atoms with E-state index in [0.29, 0.717) is 30.4 Å². The number of nitrogens with two attached hydrogens (primary N) is 1. The average molecular weight is 212 g/mol. The molecule has 1 rings (SSSR count). The average Bonchev–Trinajstić information content (AvgIpc) is 2.20. The Balaban J connectivity index is 2.66. The van der Waals surface area contributed by atoms with E-state index in [-0.39, 0.29) is 0 Å². The van der Waals surface area contributed by atoms with E-state index in [1.54, 1.807) is 6.92 Å². The molecule has 84 valence electrons. The molecule has 15 heavy (non-hydrogen) atoms. The van der Waals surface area contributed by atoms with E-state index in [2.05, 4.69) is 15.3 Å². The van der Waals surface area contributed by atoms with Crippen molar-refractivity contribution in [2.45, 2.75) is 19.6 Å². The van der Waals surface area contributed by atoms with Gasteiger partial charge in [-0.1, -0.05) is 0 Å². The van der Waals surface area contributed by atoms with E-state index in [1.807, 2.05) is 0 Å². The van der Waals surface area contributed by atoms with Crippen molar-refractivity contribution in [2.75, 3.05) is 19.4 Å². The van der Waals surface area contributed by atoms with Crippen LogP contribution in [0, 0.1) is 0 Å². The Kier molecular flexibility index (Phi) is 4.26. The molecule has 0 aliphatic carbocycles. The molecule has 0 saturated heterocycles. The number of aliphatic hydroxyl groups excluding tert-OH is 1. The van der Waals surface area contributed by atoms with Crippen molar-refractivity contribution in [3.8, 4) is 5.88 Å². The monoisotopic (exact) mass is 212 g/mol. The quantitative estimate of drug-likeness (QED) is 0.611. The molecule has 0 aromatic carbocycles. The minimum atomic E-state index is -0.401. The molecule has 0 aliphatic rings. The summed E-state index contributed by atoms with van der Waals surface area (Å²) in [6, 6.07) is 0. The first-order valence-corrected chi connectivity index (χ1v) is 4.67. The molecule has 0 saturated carbocycles. The molecular formula is C9H16N4O2. The molecule has 0 aliphatic heterocycles. The van der Waals surface area contributed by atoms with Crippen LogP contribution in [0.2, 0.25) is 0 Å². The molecule has 4 N–H and O–H groups in total. The Labute approximate surface area is 88.5 Å². The number of hydrogen-bond acceptors (Lipinski definition) is 6. The number of rotatable bonds is 5. The summed E-state index contributed by atoms with van der Waals surface area (Å²) in [5, 5.41) is 12.1. The van der Waals surface area contributed by atoms with Gasteiger partial charge in [0, 0.05) is 13.1 Å². The summed E-state index contributed by atoms with van der Waals surface area (Å²) >= 11 is 0. The van der Waals surface area contributed by atoms with Crippen LogP contribution >= 0.6 is 0 Å². The smallest absolute Gasteiger partial charge is 0.222 e. The molecule has 1 aromatic heterocycles. The predicted octanol–water partition coefficient (Wildman–Crippen LogP) is -0.462. The van der Waals surface area contributed by atoms with Gasteiger partial charge >= 0.3 is 0 Å². The number of anilines is 1. The third-order valence-corrected chi connectivity index (χ3v) is 1.87. The number of hydrogen-bond donors (Lipinski definition) is 3. The molecule has 0 radical (unpaired) electrons. The Morgan fingerprint density at radius 1 is 1.60 bits per heavy atom. The summed E-state index contributed by atoms with van der Waals surface area (Å²) in [6.45, 7) is 2.66. The van der Waals surface area contributed by atoms with Crippen molar-refractivity contribution in [1.82, 2.24) is 15.3 Å². The van der Waals surface area contributed by atoms with Gasteiger partial charge in [-0.05, 0) is 6.92 Å². The van der Waals surface area contributed by atoms with Crippen molar-refractivity contribution in [2.24, 2.45) is 0 Å². The second-order valence-corrected chi connectivity index (χ2v) is 3.23. The summed E-state index contributed by atoms with van der Waals surface area (Å²) in [5.74, 6) is 0.848. The van der Waals surface area contributed by atoms with Crippen LogP contribution in [0.15, 0.2) is 6.33 Å². The van der Waals surface area contributed by atoms with Crippen LogP contribution in [-0.4, -0.2) is 34.8 Å². The maximum Gasteiger partial charge on any atom is 0.222 e. The van der Waals surface area contributed by atoms with Crippen LogP contribution in [0.3, 0.4) is 0 Å². The Bertz CT molecular complexity index is 317. The second-order valence-electron chi connectivity index (χ2n) is 3.23. The number of aromatic nitrogens is 2. The lowest BCUT2D eigenvalue weighted by Gasteiger charge is -2.10. The van der Waals surface area contributed by atoms with E-state index in [4.69, 9.17) is 15.6 Å². The fraction of sp³-hybridized carbons (Fsp3) is 0.556. The van der Waals surface area contributed by atoms with Gasteiger partial charge in [-0.25, -0.2) is 9.97 Å². The zero-order chi connectivity index (χ0) is 11.3. The number of nitrogens with one attached hydrogen (secondary N) is 1. The first-order chi connectivity index (χ1) is 7.15. The van der Waals surface area contributed by atoms with Gasteiger partial charge in [-0.15, -0.1) is 0 Å². The first-order valence-electron chi connectivity index (χ1n) is 4.67. The molecule has 6 nitrogen and oxygen atoms in total. The number of nitrogen functional groups attached to an aromatic ring is 1. The summed E-state index contributed by atoms with van der Waals surface area (Å²) in [5.41, 5.74) is 6.39. The molecule has 1 aromatic rings. The fourth-order valence-corrected chi connectivity index (χ4v) is 1.16. The van der Waals surface area contributed by atoms with Gasteiger partial charge in [0.25, 0.3) is 0 Å². The highest BCUT2D eigenvalue weighted by molar-refractivity contribution is 5.44. The third-order valence-electron chi connectivity index (χ3n) is 1.87. The van der Waals surface area contributed by atoms with Crippen LogP contribution in [0.5, 0.6) is 5.88 Å². The Hall–Kier alpha value is -1.40. The predicted molar refractivity (Wildman–Crippen MR) is 56.4 cm³/mol. The van der Waals surface area contributed by atoms with Crippen LogP contribution in [-0.2, 0) is 6.54 Å². The van der Waals surface area contributed by atoms with Crippen molar-refractivity contribution >= 4 is 5.82 Å². The van der Waals surface area contributed by atoms with Gasteiger partial charge < -0.3 is 20.9 Å². The van der Waals surface area contributed by atoms with Gasteiger partial charge in [0.05, 0.1) is 18.8 Å². The highest BCUT2D eigenvalue weighted by atomic mass is 16.5. The lowest BCUT2D eigenvalue weighted by molar-refractivity contribution is 0.190. The molecule has 1 atom stereocenters. The van der Waals surface area contributed by atoms with Gasteiger partial charge in [0.2, 0.25) is 5.88 Å². The minimum Gasteiger partial charge on any atom is -0.481 e. The normalized spacial score (nSPS) is 12.5. The molecule has 0 fully saturated rings. The molecular weight excluding hydrogens is 196 g/mol. The number of nitrogens with zero attached hydrogens (tertiary/aromatic N) is 2. The van der Waals surface area contributed by atoms with Crippen LogP contribution < -0.4 is 15.8 Å². The number of aliphatic hydroxyl groups is 1. The lowest BCUT2D eigenvalue weighted by Crippen LogP contribution is -2.24. The Morgan fingerprint density at radius 2 is 2.33 bits per heavy atom. The van der Waals surface area contributed by atoms with Crippen LogP contribution in [0.4, 0.5) is 5.82 Å². The molecule has 0 amide bonds.